The number of hydrogen-bond donors (Lipinski definition) is 3. The van der Waals surface area contributed by atoms with Gasteiger partial charge in [0.1, 0.15) is 11.3 Å². The third kappa shape index (κ3) is 4.26. The smallest absolute Gasteiger partial charge is 0.269 e. The highest BCUT2D eigenvalue weighted by Gasteiger charge is 2.30. The number of H-pyrrole nitrogens is 1. The van der Waals surface area contributed by atoms with Gasteiger partial charge in [-0.15, -0.1) is 5.10 Å². The zero-order valence-corrected chi connectivity index (χ0v) is 17.9. The number of carbonyl (C=O) groups excluding carboxylic acids is 1. The molecule has 0 unspecified atom stereocenters. The summed E-state index contributed by atoms with van der Waals surface area (Å²) >= 11 is 12.2. The molecule has 1 aliphatic heterocycles. The molecule has 3 rings (SSSR count). The van der Waals surface area contributed by atoms with Crippen molar-refractivity contribution in [1.29, 1.82) is 0 Å². The van der Waals surface area contributed by atoms with Gasteiger partial charge in [-0.3, -0.25) is 4.79 Å². The van der Waals surface area contributed by atoms with E-state index in [9.17, 15) is 9.90 Å². The number of aryl methyl sites for hydroxylation is 1. The van der Waals surface area contributed by atoms with Crippen molar-refractivity contribution in [3.63, 3.8) is 0 Å². The van der Waals surface area contributed by atoms with E-state index in [2.05, 4.69) is 32.3 Å². The Hall–Kier alpha value is -1.83. The first kappa shape index (κ1) is 20.9. The van der Waals surface area contributed by atoms with Gasteiger partial charge in [0.2, 0.25) is 0 Å². The molecule has 1 amide bonds. The van der Waals surface area contributed by atoms with E-state index in [4.69, 9.17) is 23.2 Å². The summed E-state index contributed by atoms with van der Waals surface area (Å²) in [7, 11) is 0. The lowest BCUT2D eigenvalue weighted by atomic mass is 9.93. The predicted molar refractivity (Wildman–Crippen MR) is 110 cm³/mol. The largest absolute Gasteiger partial charge is 0.384 e. The number of nitrogens with zero attached hydrogens (tertiary/aromatic N) is 3. The Kier molecular flexibility index (Phi) is 5.89. The lowest BCUT2D eigenvalue weighted by Crippen LogP contribution is -2.50. The topological polar surface area (TPSA) is 94.1 Å². The van der Waals surface area contributed by atoms with Crippen LogP contribution in [0.1, 0.15) is 49.1 Å². The van der Waals surface area contributed by atoms with Crippen LogP contribution in [0.3, 0.4) is 0 Å². The summed E-state index contributed by atoms with van der Waals surface area (Å²) in [4.78, 5) is 17.7. The Balaban J connectivity index is 1.63. The van der Waals surface area contributed by atoms with E-state index < -0.39 is 5.60 Å². The van der Waals surface area contributed by atoms with E-state index in [-0.39, 0.29) is 22.9 Å². The molecule has 9 heteroatoms. The predicted octanol–water partition coefficient (Wildman–Crippen LogP) is 3.29. The number of halogens is 2. The fourth-order valence-corrected chi connectivity index (χ4v) is 3.77. The average molecular weight is 426 g/mol. The van der Waals surface area contributed by atoms with Crippen molar-refractivity contribution in [3.05, 3.63) is 39.3 Å². The highest BCUT2D eigenvalue weighted by atomic mass is 35.5. The van der Waals surface area contributed by atoms with Crippen LogP contribution >= 0.6 is 23.2 Å². The van der Waals surface area contributed by atoms with E-state index in [1.807, 2.05) is 6.07 Å². The normalized spacial score (nSPS) is 20.3. The molecule has 2 aromatic rings. The molecule has 0 aromatic carbocycles. The van der Waals surface area contributed by atoms with Crippen LogP contribution in [0.15, 0.2) is 12.1 Å². The van der Waals surface area contributed by atoms with Crippen molar-refractivity contribution in [2.24, 2.45) is 5.92 Å². The Labute approximate surface area is 174 Å². The molecule has 0 aliphatic carbocycles. The van der Waals surface area contributed by atoms with Crippen molar-refractivity contribution in [2.45, 2.75) is 45.8 Å². The highest BCUT2D eigenvalue weighted by Crippen LogP contribution is 2.30. The molecule has 2 aromatic heterocycles. The van der Waals surface area contributed by atoms with Crippen LogP contribution in [0.25, 0.3) is 0 Å². The van der Waals surface area contributed by atoms with E-state index in [1.165, 1.54) is 0 Å². The van der Waals surface area contributed by atoms with E-state index >= 15 is 0 Å². The fourth-order valence-electron chi connectivity index (χ4n) is 3.36. The minimum absolute atomic E-state index is 0.0193. The van der Waals surface area contributed by atoms with E-state index in [1.54, 1.807) is 26.8 Å². The van der Waals surface area contributed by atoms with Gasteiger partial charge in [-0.2, -0.15) is 5.10 Å². The van der Waals surface area contributed by atoms with Gasteiger partial charge in [-0.25, -0.2) is 0 Å². The summed E-state index contributed by atoms with van der Waals surface area (Å²) in [6, 6.07) is 3.68. The molecule has 7 nitrogen and oxygen atoms in total. The summed E-state index contributed by atoms with van der Waals surface area (Å²) in [6.45, 7) is 8.69. The van der Waals surface area contributed by atoms with Crippen LogP contribution in [-0.2, 0) is 5.60 Å². The first-order chi connectivity index (χ1) is 13.1. The zero-order chi connectivity index (χ0) is 20.6. The summed E-state index contributed by atoms with van der Waals surface area (Å²) in [5, 5.41) is 22.1. The zero-order valence-electron chi connectivity index (χ0n) is 16.4. The molecule has 152 valence electrons. The summed E-state index contributed by atoms with van der Waals surface area (Å²) in [5.74, 6) is 0.720. The minimum Gasteiger partial charge on any atom is -0.384 e. The van der Waals surface area contributed by atoms with Gasteiger partial charge >= 0.3 is 0 Å². The van der Waals surface area contributed by atoms with Crippen LogP contribution in [0.5, 0.6) is 0 Å². The number of nitrogens with one attached hydrogen (secondary N) is 2. The van der Waals surface area contributed by atoms with Crippen LogP contribution in [-0.4, -0.2) is 45.3 Å². The summed E-state index contributed by atoms with van der Waals surface area (Å²) in [5.41, 5.74) is 0.485. The van der Waals surface area contributed by atoms with Crippen molar-refractivity contribution < 1.29 is 9.90 Å². The van der Waals surface area contributed by atoms with Gasteiger partial charge in [0.25, 0.3) is 5.91 Å². The number of hydrogen-bond acceptors (Lipinski definition) is 5. The molecule has 0 bridgehead atoms. The van der Waals surface area contributed by atoms with Gasteiger partial charge in [0.15, 0.2) is 5.82 Å². The molecular formula is C19H25Cl2N5O2. The number of rotatable bonds is 4. The van der Waals surface area contributed by atoms with Crippen molar-refractivity contribution >= 4 is 34.9 Å². The molecule has 1 fully saturated rings. The number of amides is 1. The molecule has 1 saturated heterocycles. The molecule has 3 N–H and O–H groups in total. The van der Waals surface area contributed by atoms with Gasteiger partial charge in [0.05, 0.1) is 15.7 Å². The molecule has 2 atom stereocenters. The molecular weight excluding hydrogens is 401 g/mol. The third-order valence-corrected chi connectivity index (χ3v) is 6.05. The van der Waals surface area contributed by atoms with Crippen LogP contribution in [0, 0.1) is 12.8 Å². The van der Waals surface area contributed by atoms with Crippen LogP contribution in [0.2, 0.25) is 10.0 Å². The van der Waals surface area contributed by atoms with Gasteiger partial charge in [0, 0.05) is 24.8 Å². The monoisotopic (exact) mass is 425 g/mol. The maximum absolute atomic E-state index is 12.6. The maximum Gasteiger partial charge on any atom is 0.269 e. The van der Waals surface area contributed by atoms with Gasteiger partial charge in [-0.1, -0.05) is 30.1 Å². The second-order valence-corrected chi connectivity index (χ2v) is 8.64. The SMILES string of the molecule is Cc1[nH]c(C(=O)N[C@@H]2CCN(c3ccc(C(C)(C)O)nn3)C[C@@H]2C)c(Cl)c1Cl. The summed E-state index contributed by atoms with van der Waals surface area (Å²) in [6.07, 6.45) is 0.771. The number of aliphatic hydroxyl groups is 1. The Morgan fingerprint density at radius 1 is 1.32 bits per heavy atom. The van der Waals surface area contributed by atoms with Gasteiger partial charge < -0.3 is 20.3 Å². The van der Waals surface area contributed by atoms with Crippen LogP contribution in [0.4, 0.5) is 5.82 Å². The Morgan fingerprint density at radius 2 is 2.04 bits per heavy atom. The lowest BCUT2D eigenvalue weighted by molar-refractivity contribution is 0.0728. The lowest BCUT2D eigenvalue weighted by Gasteiger charge is -2.37. The molecule has 1 aliphatic rings. The second kappa shape index (κ2) is 7.89. The van der Waals surface area contributed by atoms with Crippen LogP contribution < -0.4 is 10.2 Å². The molecule has 0 radical (unpaired) electrons. The van der Waals surface area contributed by atoms with Gasteiger partial charge in [-0.05, 0) is 45.2 Å². The van der Waals surface area contributed by atoms with E-state index in [0.717, 1.165) is 25.3 Å². The van der Waals surface area contributed by atoms with Crippen molar-refractivity contribution in [3.8, 4) is 0 Å². The number of anilines is 1. The molecule has 28 heavy (non-hydrogen) atoms. The Morgan fingerprint density at radius 3 is 2.54 bits per heavy atom. The highest BCUT2D eigenvalue weighted by molar-refractivity contribution is 6.44. The standard InChI is InChI=1S/C19H25Cl2N5O2/c1-10-9-26(14-6-5-13(24-25-14)19(3,4)28)8-7-12(10)23-18(27)17-16(21)15(20)11(2)22-17/h5-6,10,12,22,28H,7-9H2,1-4H3,(H,23,27)/t10-,12+/m0/s1. The molecule has 0 saturated carbocycles. The molecule has 0 spiro atoms. The first-order valence-electron chi connectivity index (χ1n) is 9.24. The molecule has 3 heterocycles. The number of aromatic nitrogens is 3. The average Bonchev–Trinajstić information content (AvgIpc) is 2.90. The number of aromatic amines is 1. The number of carbonyl (C=O) groups is 1. The minimum atomic E-state index is -1.02. The quantitative estimate of drug-likeness (QED) is 0.698. The van der Waals surface area contributed by atoms with Crippen molar-refractivity contribution in [1.82, 2.24) is 20.5 Å². The van der Waals surface area contributed by atoms with Crippen molar-refractivity contribution in [2.75, 3.05) is 18.0 Å². The Bertz CT molecular complexity index is 860. The summed E-state index contributed by atoms with van der Waals surface area (Å²) < 4.78 is 0. The third-order valence-electron chi connectivity index (χ3n) is 5.10. The fraction of sp³-hybridized carbons (Fsp3) is 0.526. The first-order valence-corrected chi connectivity index (χ1v) is 9.99. The number of piperidine rings is 1. The van der Waals surface area contributed by atoms with E-state index in [0.29, 0.717) is 22.1 Å². The second-order valence-electron chi connectivity index (χ2n) is 7.88. The maximum atomic E-state index is 12.6.